The van der Waals surface area contributed by atoms with E-state index >= 15 is 0 Å². The third-order valence-corrected chi connectivity index (χ3v) is 6.37. The third-order valence-electron chi connectivity index (χ3n) is 6.37. The monoisotopic (exact) mass is 372 g/mol. The van der Waals surface area contributed by atoms with Crippen molar-refractivity contribution in [2.45, 2.75) is 37.6 Å². The van der Waals surface area contributed by atoms with Crippen LogP contribution in [0.4, 0.5) is 5.82 Å². The molecule has 5 heteroatoms. The van der Waals surface area contributed by atoms with Crippen LogP contribution in [-0.2, 0) is 4.79 Å². The summed E-state index contributed by atoms with van der Waals surface area (Å²) in [5.41, 5.74) is 1.98. The number of carbonyl (C=O) groups is 1. The molecule has 2 aliphatic rings. The van der Waals surface area contributed by atoms with Gasteiger partial charge in [-0.05, 0) is 31.7 Å². The third kappa shape index (κ3) is 2.82. The number of carbonyl (C=O) groups excluding carboxylic acids is 1. The molecule has 2 aromatic carbocycles. The van der Waals surface area contributed by atoms with Crippen LogP contribution in [0.15, 0.2) is 54.6 Å². The Kier molecular flexibility index (Phi) is 4.04. The number of hydrogen-bond acceptors (Lipinski definition) is 4. The van der Waals surface area contributed by atoms with Crippen molar-refractivity contribution in [2.24, 2.45) is 0 Å². The van der Waals surface area contributed by atoms with Gasteiger partial charge in [0.05, 0.1) is 11.6 Å². The lowest BCUT2D eigenvalue weighted by Gasteiger charge is -2.40. The minimum absolute atomic E-state index is 0.0345. The molecule has 0 unspecified atom stereocenters. The maximum atomic E-state index is 12.7. The summed E-state index contributed by atoms with van der Waals surface area (Å²) in [5, 5.41) is 14.5. The van der Waals surface area contributed by atoms with E-state index in [1.165, 1.54) is 0 Å². The van der Waals surface area contributed by atoms with Gasteiger partial charge in [0.25, 0.3) is 0 Å². The minimum Gasteiger partial charge on any atom is -0.354 e. The number of piperidine rings is 1. The Labute approximate surface area is 164 Å². The van der Waals surface area contributed by atoms with Crippen molar-refractivity contribution in [2.75, 3.05) is 18.0 Å². The summed E-state index contributed by atoms with van der Waals surface area (Å²) in [5.74, 6) is 1.09. The first kappa shape index (κ1) is 17.2. The van der Waals surface area contributed by atoms with E-state index < -0.39 is 0 Å². The Morgan fingerprint density at radius 2 is 1.64 bits per heavy atom. The van der Waals surface area contributed by atoms with E-state index in [9.17, 15) is 4.79 Å². The van der Waals surface area contributed by atoms with Gasteiger partial charge in [-0.3, -0.25) is 4.79 Å². The summed E-state index contributed by atoms with van der Waals surface area (Å²) in [4.78, 5) is 15.0. The fraction of sp³-hybridized carbons (Fsp3) is 0.348. The van der Waals surface area contributed by atoms with Gasteiger partial charge in [-0.2, -0.15) is 5.10 Å². The number of aromatic nitrogens is 2. The molecule has 1 spiro atoms. The molecule has 0 radical (unpaired) electrons. The van der Waals surface area contributed by atoms with Crippen LogP contribution in [0.1, 0.15) is 36.4 Å². The molecule has 1 N–H and O–H groups in total. The largest absolute Gasteiger partial charge is 0.354 e. The highest BCUT2D eigenvalue weighted by molar-refractivity contribution is 5.93. The van der Waals surface area contributed by atoms with Gasteiger partial charge in [-0.15, -0.1) is 5.10 Å². The lowest BCUT2D eigenvalue weighted by atomic mass is 9.82. The first-order chi connectivity index (χ1) is 13.7. The lowest BCUT2D eigenvalue weighted by molar-refractivity contribution is -0.121. The fourth-order valence-corrected chi connectivity index (χ4v) is 4.77. The van der Waals surface area contributed by atoms with Crippen LogP contribution in [0.3, 0.4) is 0 Å². The molecule has 1 atom stereocenters. The summed E-state index contributed by atoms with van der Waals surface area (Å²) >= 11 is 0. The highest BCUT2D eigenvalue weighted by atomic mass is 16.2. The van der Waals surface area contributed by atoms with Crippen LogP contribution in [0.2, 0.25) is 0 Å². The molecule has 0 aliphatic carbocycles. The van der Waals surface area contributed by atoms with Gasteiger partial charge in [-0.25, -0.2) is 0 Å². The van der Waals surface area contributed by atoms with Gasteiger partial charge in [-0.1, -0.05) is 54.6 Å². The predicted molar refractivity (Wildman–Crippen MR) is 110 cm³/mol. The van der Waals surface area contributed by atoms with Gasteiger partial charge in [0.2, 0.25) is 5.91 Å². The zero-order valence-corrected chi connectivity index (χ0v) is 16.1. The van der Waals surface area contributed by atoms with Gasteiger partial charge in [0, 0.05) is 29.4 Å². The second kappa shape index (κ2) is 6.59. The van der Waals surface area contributed by atoms with Gasteiger partial charge >= 0.3 is 0 Å². The predicted octanol–water partition coefficient (Wildman–Crippen LogP) is 3.58. The molecule has 2 aliphatic heterocycles. The summed E-state index contributed by atoms with van der Waals surface area (Å²) in [6.07, 6.45) is 2.75. The summed E-state index contributed by atoms with van der Waals surface area (Å²) in [6, 6.07) is 18.5. The van der Waals surface area contributed by atoms with Crippen LogP contribution < -0.4 is 10.2 Å². The van der Waals surface area contributed by atoms with E-state index in [2.05, 4.69) is 50.7 Å². The quantitative estimate of drug-likeness (QED) is 0.747. The van der Waals surface area contributed by atoms with E-state index in [1.54, 1.807) is 0 Å². The molecule has 3 heterocycles. The van der Waals surface area contributed by atoms with E-state index in [1.807, 2.05) is 31.2 Å². The number of aryl methyl sites for hydroxylation is 1. The van der Waals surface area contributed by atoms with Crippen LogP contribution >= 0.6 is 0 Å². The maximum absolute atomic E-state index is 12.7. The van der Waals surface area contributed by atoms with Gasteiger partial charge in [0.1, 0.15) is 0 Å². The minimum atomic E-state index is -0.0952. The number of anilines is 1. The number of nitrogens with one attached hydrogen (secondary N) is 1. The van der Waals surface area contributed by atoms with Crippen LogP contribution in [0, 0.1) is 6.92 Å². The molecular formula is C23H24N4O. The smallest absolute Gasteiger partial charge is 0.228 e. The molecule has 5 nitrogen and oxygen atoms in total. The van der Waals surface area contributed by atoms with Crippen molar-refractivity contribution in [1.29, 1.82) is 0 Å². The van der Waals surface area contributed by atoms with Crippen molar-refractivity contribution < 1.29 is 4.79 Å². The van der Waals surface area contributed by atoms with Gasteiger partial charge < -0.3 is 10.2 Å². The number of nitrogens with zero attached hydrogens (tertiary/aromatic N) is 3. The molecule has 2 saturated heterocycles. The molecular weight excluding hydrogens is 348 g/mol. The van der Waals surface area contributed by atoms with E-state index in [0.29, 0.717) is 0 Å². The number of amides is 1. The standard InChI is InChI=1S/C23H24N4O/c1-16-18-9-5-6-10-19(18)21(26-25-16)27-13-11-23(12-14-27)15-20(22(28)24-23)17-7-3-2-4-8-17/h2-10,20H,11-15H2,1H3,(H,24,28)/t20-/m0/s1. The average Bonchev–Trinajstić information content (AvgIpc) is 3.06. The highest BCUT2D eigenvalue weighted by Crippen LogP contribution is 2.40. The number of benzene rings is 2. The summed E-state index contributed by atoms with van der Waals surface area (Å²) < 4.78 is 0. The topological polar surface area (TPSA) is 58.1 Å². The van der Waals surface area contributed by atoms with Crippen LogP contribution in [0.25, 0.3) is 10.8 Å². The maximum Gasteiger partial charge on any atom is 0.228 e. The molecule has 2 fully saturated rings. The molecule has 5 rings (SSSR count). The molecule has 1 amide bonds. The molecule has 142 valence electrons. The van der Waals surface area contributed by atoms with Crippen molar-refractivity contribution >= 4 is 22.5 Å². The highest BCUT2D eigenvalue weighted by Gasteiger charge is 2.46. The molecule has 0 bridgehead atoms. The number of hydrogen-bond donors (Lipinski definition) is 1. The zero-order valence-electron chi connectivity index (χ0n) is 16.1. The second-order valence-corrected chi connectivity index (χ2v) is 8.08. The first-order valence-corrected chi connectivity index (χ1v) is 9.99. The molecule has 3 aromatic rings. The number of fused-ring (bicyclic) bond motifs is 1. The first-order valence-electron chi connectivity index (χ1n) is 9.99. The van der Waals surface area contributed by atoms with E-state index in [0.717, 1.165) is 60.2 Å². The normalized spacial score (nSPS) is 21.2. The van der Waals surface area contributed by atoms with E-state index in [4.69, 9.17) is 0 Å². The van der Waals surface area contributed by atoms with Gasteiger partial charge in [0.15, 0.2) is 5.82 Å². The Bertz CT molecular complexity index is 1030. The van der Waals surface area contributed by atoms with Crippen LogP contribution in [0.5, 0.6) is 0 Å². The van der Waals surface area contributed by atoms with Crippen LogP contribution in [-0.4, -0.2) is 34.7 Å². The van der Waals surface area contributed by atoms with Crippen molar-refractivity contribution in [3.05, 3.63) is 65.9 Å². The second-order valence-electron chi connectivity index (χ2n) is 8.08. The summed E-state index contributed by atoms with van der Waals surface area (Å²) in [6.45, 7) is 3.76. The number of rotatable bonds is 2. The van der Waals surface area contributed by atoms with Crippen molar-refractivity contribution in [3.8, 4) is 0 Å². The Morgan fingerprint density at radius 1 is 0.964 bits per heavy atom. The Morgan fingerprint density at radius 3 is 2.39 bits per heavy atom. The SMILES string of the molecule is Cc1nnc(N2CCC3(CC2)C[C@@H](c2ccccc2)C(=O)N3)c2ccccc12. The van der Waals surface area contributed by atoms with Crippen molar-refractivity contribution in [1.82, 2.24) is 15.5 Å². The Hall–Kier alpha value is -2.95. The summed E-state index contributed by atoms with van der Waals surface area (Å²) in [7, 11) is 0. The van der Waals surface area contributed by atoms with Crippen molar-refractivity contribution in [3.63, 3.8) is 0 Å². The Balaban J connectivity index is 1.36. The molecule has 28 heavy (non-hydrogen) atoms. The molecule has 0 saturated carbocycles. The average molecular weight is 372 g/mol. The molecule has 1 aromatic heterocycles. The van der Waals surface area contributed by atoms with E-state index in [-0.39, 0.29) is 17.4 Å². The zero-order chi connectivity index (χ0) is 19.1. The fourth-order valence-electron chi connectivity index (χ4n) is 4.77. The lowest BCUT2D eigenvalue weighted by Crippen LogP contribution is -2.51.